The largest absolute Gasteiger partial charge is 0.462 e. The van der Waals surface area contributed by atoms with E-state index in [1.54, 1.807) is 25.5 Å². The van der Waals surface area contributed by atoms with Gasteiger partial charge >= 0.3 is 11.9 Å². The molecule has 0 radical (unpaired) electrons. The highest BCUT2D eigenvalue weighted by atomic mass is 35.5. The van der Waals surface area contributed by atoms with Crippen molar-refractivity contribution >= 4 is 50.9 Å². The fourth-order valence-electron chi connectivity index (χ4n) is 3.52. The molecule has 3 heterocycles. The number of rotatable bonds is 7. The normalized spacial score (nSPS) is 11.1. The summed E-state index contributed by atoms with van der Waals surface area (Å²) in [6.45, 7) is 5.66. The van der Waals surface area contributed by atoms with Crippen molar-refractivity contribution < 1.29 is 19.1 Å². The Labute approximate surface area is 204 Å². The van der Waals surface area contributed by atoms with Crippen LogP contribution in [0, 0.1) is 13.8 Å². The molecule has 0 saturated heterocycles. The molecule has 0 bridgehead atoms. The SMILES string of the molecule is CCOC(=O)c1sc2nc(COC(=O)c3c(C)nn(Cc4ccccc4)c3Cl)nc(N)c2c1C. The van der Waals surface area contributed by atoms with E-state index in [1.165, 1.54) is 0 Å². The van der Waals surface area contributed by atoms with Crippen molar-refractivity contribution in [3.05, 3.63) is 68.6 Å². The lowest BCUT2D eigenvalue weighted by Crippen LogP contribution is -2.10. The highest BCUT2D eigenvalue weighted by Gasteiger charge is 2.24. The van der Waals surface area contributed by atoms with E-state index in [0.717, 1.165) is 16.9 Å². The van der Waals surface area contributed by atoms with Gasteiger partial charge in [0.2, 0.25) is 0 Å². The number of halogens is 1. The molecule has 9 nitrogen and oxygen atoms in total. The summed E-state index contributed by atoms with van der Waals surface area (Å²) < 4.78 is 12.1. The number of benzene rings is 1. The van der Waals surface area contributed by atoms with Crippen LogP contribution in [0.2, 0.25) is 5.15 Å². The van der Waals surface area contributed by atoms with Gasteiger partial charge in [0, 0.05) is 0 Å². The molecule has 3 aromatic heterocycles. The summed E-state index contributed by atoms with van der Waals surface area (Å²) in [4.78, 5) is 34.6. The number of nitrogens with two attached hydrogens (primary N) is 1. The predicted molar refractivity (Wildman–Crippen MR) is 129 cm³/mol. The summed E-state index contributed by atoms with van der Waals surface area (Å²) in [5.74, 6) is -0.669. The predicted octanol–water partition coefficient (Wildman–Crippen LogP) is 4.32. The Bertz CT molecular complexity index is 1380. The summed E-state index contributed by atoms with van der Waals surface area (Å²) >= 11 is 7.60. The number of carbonyl (C=O) groups is 2. The first-order valence-corrected chi connectivity index (χ1v) is 11.7. The van der Waals surface area contributed by atoms with E-state index in [0.29, 0.717) is 32.9 Å². The van der Waals surface area contributed by atoms with Gasteiger partial charge in [-0.25, -0.2) is 24.2 Å². The number of esters is 2. The maximum Gasteiger partial charge on any atom is 0.348 e. The van der Waals surface area contributed by atoms with Crippen LogP contribution in [0.3, 0.4) is 0 Å². The molecule has 0 aliphatic carbocycles. The Morgan fingerprint density at radius 2 is 1.85 bits per heavy atom. The van der Waals surface area contributed by atoms with Gasteiger partial charge in [-0.3, -0.25) is 0 Å². The van der Waals surface area contributed by atoms with Crippen LogP contribution in [0.15, 0.2) is 30.3 Å². The molecule has 0 aliphatic rings. The molecule has 176 valence electrons. The number of aromatic nitrogens is 4. The summed E-state index contributed by atoms with van der Waals surface area (Å²) in [6.07, 6.45) is 0. The Morgan fingerprint density at radius 3 is 2.56 bits per heavy atom. The molecule has 4 rings (SSSR count). The van der Waals surface area contributed by atoms with Gasteiger partial charge in [0.05, 0.1) is 24.2 Å². The molecule has 4 aromatic rings. The summed E-state index contributed by atoms with van der Waals surface area (Å²) in [5, 5.41) is 5.15. The molecule has 0 saturated carbocycles. The third-order valence-corrected chi connectivity index (χ3v) is 6.65. The number of hydrogen-bond acceptors (Lipinski definition) is 9. The van der Waals surface area contributed by atoms with Gasteiger partial charge in [0.25, 0.3) is 0 Å². The van der Waals surface area contributed by atoms with Crippen LogP contribution in [0.5, 0.6) is 0 Å². The number of hydrogen-bond donors (Lipinski definition) is 1. The van der Waals surface area contributed by atoms with Crippen molar-refractivity contribution in [2.45, 2.75) is 33.9 Å². The first-order chi connectivity index (χ1) is 16.3. The lowest BCUT2D eigenvalue weighted by molar-refractivity contribution is 0.0461. The van der Waals surface area contributed by atoms with Gasteiger partial charge in [-0.1, -0.05) is 41.9 Å². The molecular weight excluding hydrogens is 478 g/mol. The Balaban J connectivity index is 1.53. The van der Waals surface area contributed by atoms with Crippen molar-refractivity contribution in [2.75, 3.05) is 12.3 Å². The average molecular weight is 500 g/mol. The summed E-state index contributed by atoms with van der Waals surface area (Å²) in [7, 11) is 0. The lowest BCUT2D eigenvalue weighted by atomic mass is 10.2. The van der Waals surface area contributed by atoms with Crippen LogP contribution in [0.25, 0.3) is 10.2 Å². The van der Waals surface area contributed by atoms with Crippen LogP contribution in [0.4, 0.5) is 5.82 Å². The number of nitrogens with zero attached hydrogens (tertiary/aromatic N) is 4. The van der Waals surface area contributed by atoms with Crippen molar-refractivity contribution in [1.29, 1.82) is 0 Å². The minimum Gasteiger partial charge on any atom is -0.462 e. The number of nitrogen functional groups attached to an aromatic ring is 1. The van der Waals surface area contributed by atoms with Crippen LogP contribution in [-0.4, -0.2) is 38.3 Å². The van der Waals surface area contributed by atoms with Gasteiger partial charge in [-0.05, 0) is 31.9 Å². The molecule has 0 unspecified atom stereocenters. The molecule has 0 atom stereocenters. The fourth-order valence-corrected chi connectivity index (χ4v) is 4.93. The summed E-state index contributed by atoms with van der Waals surface area (Å²) in [6, 6.07) is 9.65. The number of ether oxygens (including phenoxy) is 2. The minimum absolute atomic E-state index is 0.184. The zero-order valence-corrected chi connectivity index (χ0v) is 20.4. The van der Waals surface area contributed by atoms with Gasteiger partial charge in [-0.15, -0.1) is 11.3 Å². The zero-order valence-electron chi connectivity index (χ0n) is 18.8. The zero-order chi connectivity index (χ0) is 24.4. The first-order valence-electron chi connectivity index (χ1n) is 10.5. The van der Waals surface area contributed by atoms with Crippen molar-refractivity contribution in [1.82, 2.24) is 19.7 Å². The average Bonchev–Trinajstić information content (AvgIpc) is 3.28. The van der Waals surface area contributed by atoms with E-state index < -0.39 is 11.9 Å². The van der Waals surface area contributed by atoms with Crippen LogP contribution in [-0.2, 0) is 22.6 Å². The number of aryl methyl sites for hydroxylation is 2. The highest BCUT2D eigenvalue weighted by Crippen LogP contribution is 2.33. The second-order valence-corrected chi connectivity index (χ2v) is 8.81. The number of anilines is 1. The van der Waals surface area contributed by atoms with Gasteiger partial charge in [-0.2, -0.15) is 5.10 Å². The first kappa shape index (κ1) is 23.7. The molecule has 11 heteroatoms. The van der Waals surface area contributed by atoms with E-state index in [9.17, 15) is 9.59 Å². The minimum atomic E-state index is -0.640. The topological polar surface area (TPSA) is 122 Å². The molecule has 1 aromatic carbocycles. The van der Waals surface area contributed by atoms with E-state index in [2.05, 4.69) is 15.1 Å². The Hall–Kier alpha value is -3.50. The van der Waals surface area contributed by atoms with Crippen molar-refractivity contribution in [3.8, 4) is 0 Å². The smallest absolute Gasteiger partial charge is 0.348 e. The van der Waals surface area contributed by atoms with E-state index in [1.807, 2.05) is 30.3 Å². The standard InChI is InChI=1S/C23H22ClN5O4S/c1-4-32-23(31)18-12(2)16-20(25)26-15(27-21(16)34-18)11-33-22(30)17-13(3)28-29(19(17)24)10-14-8-6-5-7-9-14/h5-9H,4,10-11H2,1-3H3,(H2,25,26,27). The molecule has 34 heavy (non-hydrogen) atoms. The summed E-state index contributed by atoms with van der Waals surface area (Å²) in [5.41, 5.74) is 8.41. The van der Waals surface area contributed by atoms with Gasteiger partial charge < -0.3 is 15.2 Å². The second kappa shape index (κ2) is 9.78. The molecule has 0 aliphatic heterocycles. The monoisotopic (exact) mass is 499 g/mol. The van der Waals surface area contributed by atoms with E-state index >= 15 is 0 Å². The maximum atomic E-state index is 12.8. The van der Waals surface area contributed by atoms with E-state index in [4.69, 9.17) is 26.8 Å². The van der Waals surface area contributed by atoms with Crippen LogP contribution < -0.4 is 5.73 Å². The number of carbonyl (C=O) groups excluding carboxylic acids is 2. The fraction of sp³-hybridized carbons (Fsp3) is 0.261. The third-order valence-electron chi connectivity index (χ3n) is 5.10. The molecule has 0 spiro atoms. The quantitative estimate of drug-likeness (QED) is 0.373. The van der Waals surface area contributed by atoms with Crippen molar-refractivity contribution in [2.24, 2.45) is 0 Å². The Morgan fingerprint density at radius 1 is 1.12 bits per heavy atom. The van der Waals surface area contributed by atoms with Crippen LogP contribution >= 0.6 is 22.9 Å². The van der Waals surface area contributed by atoms with Crippen molar-refractivity contribution in [3.63, 3.8) is 0 Å². The van der Waals surface area contributed by atoms with Crippen LogP contribution in [0.1, 0.15) is 49.6 Å². The molecule has 2 N–H and O–H groups in total. The maximum absolute atomic E-state index is 12.8. The molecular formula is C23H22ClN5O4S. The van der Waals surface area contributed by atoms with Gasteiger partial charge in [0.15, 0.2) is 12.4 Å². The Kier molecular flexibility index (Phi) is 6.80. The second-order valence-electron chi connectivity index (χ2n) is 7.45. The van der Waals surface area contributed by atoms with E-state index in [-0.39, 0.29) is 35.6 Å². The lowest BCUT2D eigenvalue weighted by Gasteiger charge is -2.06. The third kappa shape index (κ3) is 4.59. The molecule has 0 amide bonds. The number of fused-ring (bicyclic) bond motifs is 1. The van der Waals surface area contributed by atoms with Gasteiger partial charge in [0.1, 0.15) is 26.2 Å². The molecule has 0 fully saturated rings. The highest BCUT2D eigenvalue weighted by molar-refractivity contribution is 7.20. The number of thiophene rings is 1.